The van der Waals surface area contributed by atoms with Crippen LogP contribution in [-0.2, 0) is 6.42 Å². The smallest absolute Gasteiger partial charge is 0.138 e. The second kappa shape index (κ2) is 3.80. The van der Waals surface area contributed by atoms with E-state index in [1.54, 1.807) is 4.88 Å². The maximum atomic E-state index is 2.45. The van der Waals surface area contributed by atoms with Gasteiger partial charge >= 0.3 is 0 Å². The molecule has 0 saturated heterocycles. The highest BCUT2D eigenvalue weighted by Gasteiger charge is 2.25. The minimum absolute atomic E-state index is 0.529. The fraction of sp³-hybridized carbons (Fsp3) is 0.231. The highest BCUT2D eigenvalue weighted by Crippen LogP contribution is 2.28. The molecule has 0 aliphatic carbocycles. The van der Waals surface area contributed by atoms with Crippen LogP contribution in [0.1, 0.15) is 22.0 Å². The summed E-state index contributed by atoms with van der Waals surface area (Å²) in [5.41, 5.74) is 2.95. The third-order valence-electron chi connectivity index (χ3n) is 3.05. The summed E-state index contributed by atoms with van der Waals surface area (Å²) in [6.45, 7) is 1.22. The lowest BCUT2D eigenvalue weighted by Crippen LogP contribution is -2.87. The molecule has 0 spiro atoms. The van der Waals surface area contributed by atoms with Crippen molar-refractivity contribution in [2.45, 2.75) is 12.5 Å². The van der Waals surface area contributed by atoms with E-state index in [0.717, 1.165) is 0 Å². The number of hydrogen-bond acceptors (Lipinski definition) is 1. The molecule has 0 unspecified atom stereocenters. The van der Waals surface area contributed by atoms with Gasteiger partial charge in [0.15, 0.2) is 0 Å². The Morgan fingerprint density at radius 1 is 1.13 bits per heavy atom. The third kappa shape index (κ3) is 1.60. The number of nitrogens with two attached hydrogens (primary N) is 1. The van der Waals surface area contributed by atoms with Crippen LogP contribution >= 0.6 is 11.3 Å². The van der Waals surface area contributed by atoms with E-state index in [9.17, 15) is 0 Å². The van der Waals surface area contributed by atoms with Gasteiger partial charge in [-0.05, 0) is 11.4 Å². The summed E-state index contributed by atoms with van der Waals surface area (Å²) >= 11 is 1.90. The lowest BCUT2D eigenvalue weighted by molar-refractivity contribution is -0.689. The number of hydrogen-bond donors (Lipinski definition) is 1. The molecule has 76 valence electrons. The van der Waals surface area contributed by atoms with E-state index in [1.807, 2.05) is 11.3 Å². The van der Waals surface area contributed by atoms with Gasteiger partial charge in [0.05, 0.1) is 6.54 Å². The fourth-order valence-electron chi connectivity index (χ4n) is 2.31. The highest BCUT2D eigenvalue weighted by atomic mass is 32.1. The Morgan fingerprint density at radius 2 is 2.00 bits per heavy atom. The summed E-state index contributed by atoms with van der Waals surface area (Å²) in [4.78, 5) is 1.58. The summed E-state index contributed by atoms with van der Waals surface area (Å²) in [6, 6.07) is 13.6. The maximum Gasteiger partial charge on any atom is 0.138 e. The van der Waals surface area contributed by atoms with Crippen LogP contribution in [0.15, 0.2) is 41.8 Å². The van der Waals surface area contributed by atoms with Crippen LogP contribution in [0.2, 0.25) is 0 Å². The molecule has 3 rings (SSSR count). The topological polar surface area (TPSA) is 16.6 Å². The van der Waals surface area contributed by atoms with Crippen molar-refractivity contribution >= 4 is 11.3 Å². The van der Waals surface area contributed by atoms with E-state index < -0.39 is 0 Å². The van der Waals surface area contributed by atoms with Gasteiger partial charge in [0.1, 0.15) is 6.04 Å². The van der Waals surface area contributed by atoms with Crippen molar-refractivity contribution < 1.29 is 5.32 Å². The van der Waals surface area contributed by atoms with Crippen molar-refractivity contribution in [2.24, 2.45) is 0 Å². The summed E-state index contributed by atoms with van der Waals surface area (Å²) < 4.78 is 0. The van der Waals surface area contributed by atoms with Crippen molar-refractivity contribution in [3.8, 4) is 0 Å². The first-order valence-electron chi connectivity index (χ1n) is 5.40. The molecule has 0 saturated carbocycles. The average Bonchev–Trinajstić information content (AvgIpc) is 2.78. The van der Waals surface area contributed by atoms with E-state index >= 15 is 0 Å². The fourth-order valence-corrected chi connectivity index (χ4v) is 3.26. The minimum Gasteiger partial charge on any atom is -0.336 e. The molecule has 0 amide bonds. The molecule has 0 bridgehead atoms. The normalized spacial score (nSPS) is 19.9. The average molecular weight is 216 g/mol. The molecule has 1 nitrogen and oxygen atoms in total. The first kappa shape index (κ1) is 9.13. The number of fused-ring (bicyclic) bond motifs is 1. The lowest BCUT2D eigenvalue weighted by atomic mass is 9.96. The second-order valence-corrected chi connectivity index (χ2v) is 4.96. The van der Waals surface area contributed by atoms with E-state index in [-0.39, 0.29) is 0 Å². The zero-order valence-electron chi connectivity index (χ0n) is 8.52. The van der Waals surface area contributed by atoms with Gasteiger partial charge in [-0.25, -0.2) is 0 Å². The number of quaternary nitrogens is 1. The quantitative estimate of drug-likeness (QED) is 0.750. The third-order valence-corrected chi connectivity index (χ3v) is 4.04. The lowest BCUT2D eigenvalue weighted by Gasteiger charge is -2.21. The van der Waals surface area contributed by atoms with Gasteiger partial charge < -0.3 is 5.32 Å². The predicted molar refractivity (Wildman–Crippen MR) is 63.1 cm³/mol. The number of thiophene rings is 1. The van der Waals surface area contributed by atoms with Crippen molar-refractivity contribution in [2.75, 3.05) is 6.54 Å². The van der Waals surface area contributed by atoms with Crippen molar-refractivity contribution in [3.63, 3.8) is 0 Å². The minimum atomic E-state index is 0.529. The van der Waals surface area contributed by atoms with Gasteiger partial charge in [0, 0.05) is 22.4 Å². The Bertz CT molecular complexity index is 447. The van der Waals surface area contributed by atoms with E-state index in [2.05, 4.69) is 47.1 Å². The monoisotopic (exact) mass is 216 g/mol. The first-order chi connectivity index (χ1) is 7.45. The molecule has 15 heavy (non-hydrogen) atoms. The number of benzene rings is 1. The Balaban J connectivity index is 2.03. The van der Waals surface area contributed by atoms with Crippen LogP contribution in [0.25, 0.3) is 0 Å². The van der Waals surface area contributed by atoms with Crippen LogP contribution in [0.5, 0.6) is 0 Å². The highest BCUT2D eigenvalue weighted by molar-refractivity contribution is 7.10. The molecule has 2 aromatic rings. The Kier molecular flexibility index (Phi) is 2.31. The molecular weight excluding hydrogens is 202 g/mol. The van der Waals surface area contributed by atoms with Crippen LogP contribution < -0.4 is 5.32 Å². The number of rotatable bonds is 1. The molecule has 1 aliphatic rings. The molecule has 1 aromatic carbocycles. The molecule has 1 aliphatic heterocycles. The maximum absolute atomic E-state index is 2.45. The summed E-state index contributed by atoms with van der Waals surface area (Å²) in [7, 11) is 0. The first-order valence-corrected chi connectivity index (χ1v) is 6.27. The second-order valence-electron chi connectivity index (χ2n) is 3.96. The van der Waals surface area contributed by atoms with Crippen LogP contribution in [-0.4, -0.2) is 6.54 Å². The molecule has 1 atom stereocenters. The largest absolute Gasteiger partial charge is 0.336 e. The van der Waals surface area contributed by atoms with Crippen molar-refractivity contribution in [3.05, 3.63) is 57.8 Å². The molecular formula is C13H14NS+. The zero-order chi connectivity index (χ0) is 10.1. The summed E-state index contributed by atoms with van der Waals surface area (Å²) in [6.07, 6.45) is 1.23. The Labute approximate surface area is 93.8 Å². The molecule has 1 aromatic heterocycles. The zero-order valence-corrected chi connectivity index (χ0v) is 9.34. The Hall–Kier alpha value is -1.12. The molecule has 0 radical (unpaired) electrons. The SMILES string of the molecule is c1ccc([C@@H]2[NH2+]CCc3sccc32)cc1. The van der Waals surface area contributed by atoms with Gasteiger partial charge in [-0.2, -0.15) is 0 Å². The van der Waals surface area contributed by atoms with Crippen molar-refractivity contribution in [1.82, 2.24) is 0 Å². The van der Waals surface area contributed by atoms with Crippen molar-refractivity contribution in [1.29, 1.82) is 0 Å². The van der Waals surface area contributed by atoms with Crippen LogP contribution in [0.4, 0.5) is 0 Å². The summed E-state index contributed by atoms with van der Waals surface area (Å²) in [5, 5.41) is 4.67. The summed E-state index contributed by atoms with van der Waals surface area (Å²) in [5.74, 6) is 0. The van der Waals surface area contributed by atoms with E-state index in [0.29, 0.717) is 6.04 Å². The van der Waals surface area contributed by atoms with Gasteiger partial charge in [-0.3, -0.25) is 0 Å². The standard InChI is InChI=1S/C13H13NS/c1-2-4-10(5-3-1)13-11-7-9-15-12(11)6-8-14-13/h1-5,7,9,13-14H,6,8H2/p+1/t13-/m0/s1. The predicted octanol–water partition coefficient (Wildman–Crippen LogP) is 1.96. The Morgan fingerprint density at radius 3 is 2.87 bits per heavy atom. The van der Waals surface area contributed by atoms with E-state index in [4.69, 9.17) is 0 Å². The molecule has 2 N–H and O–H groups in total. The van der Waals surface area contributed by atoms with Crippen LogP contribution in [0, 0.1) is 0 Å². The van der Waals surface area contributed by atoms with Gasteiger partial charge in [0.2, 0.25) is 0 Å². The van der Waals surface area contributed by atoms with Gasteiger partial charge in [-0.1, -0.05) is 30.3 Å². The van der Waals surface area contributed by atoms with Gasteiger partial charge in [0.25, 0.3) is 0 Å². The van der Waals surface area contributed by atoms with Crippen LogP contribution in [0.3, 0.4) is 0 Å². The van der Waals surface area contributed by atoms with Gasteiger partial charge in [-0.15, -0.1) is 11.3 Å². The molecule has 0 fully saturated rings. The van der Waals surface area contributed by atoms with E-state index in [1.165, 1.54) is 24.1 Å². The molecule has 2 heteroatoms. The molecule has 2 heterocycles.